The Morgan fingerprint density at radius 3 is 2.65 bits per heavy atom. The maximum atomic E-state index is 12.4. The van der Waals surface area contributed by atoms with E-state index in [0.717, 1.165) is 55.6 Å². The number of aryl methyl sites for hydroxylation is 1. The van der Waals surface area contributed by atoms with Crippen LogP contribution >= 0.6 is 0 Å². The Bertz CT molecular complexity index is 933. The smallest absolute Gasteiger partial charge is 0.253 e. The number of fused-ring (bicyclic) bond motifs is 1. The minimum absolute atomic E-state index is 0.00164. The quantitative estimate of drug-likeness (QED) is 0.715. The summed E-state index contributed by atoms with van der Waals surface area (Å²) < 4.78 is 11.4. The molecule has 0 radical (unpaired) electrons. The van der Waals surface area contributed by atoms with Gasteiger partial charge in [-0.15, -0.1) is 0 Å². The molecule has 0 unspecified atom stereocenters. The van der Waals surface area contributed by atoms with Crippen molar-refractivity contribution in [1.82, 2.24) is 9.80 Å². The van der Waals surface area contributed by atoms with Crippen molar-refractivity contribution in [2.45, 2.75) is 50.9 Å². The number of ether oxygens (including phenoxy) is 2. The van der Waals surface area contributed by atoms with Crippen LogP contribution in [0.3, 0.4) is 0 Å². The van der Waals surface area contributed by atoms with Gasteiger partial charge in [0.25, 0.3) is 5.91 Å². The molecule has 7 heteroatoms. The second-order valence-corrected chi connectivity index (χ2v) is 9.16. The molecule has 186 valence electrons. The number of hydrogen-bond acceptors (Lipinski definition) is 6. The number of benzene rings is 2. The number of aliphatic hydroxyl groups is 2. The summed E-state index contributed by atoms with van der Waals surface area (Å²) >= 11 is 0. The van der Waals surface area contributed by atoms with Crippen LogP contribution in [0.1, 0.15) is 47.2 Å². The van der Waals surface area contributed by atoms with Gasteiger partial charge in [0.05, 0.1) is 13.2 Å². The van der Waals surface area contributed by atoms with Crippen molar-refractivity contribution >= 4 is 5.91 Å². The Labute approximate surface area is 202 Å². The van der Waals surface area contributed by atoms with E-state index < -0.39 is 12.2 Å². The maximum absolute atomic E-state index is 12.4. The number of methoxy groups -OCH3 is 1. The summed E-state index contributed by atoms with van der Waals surface area (Å²) in [6.45, 7) is 2.29. The summed E-state index contributed by atoms with van der Waals surface area (Å²) in [6.07, 6.45) is 2.38. The predicted octanol–water partition coefficient (Wildman–Crippen LogP) is 3.12. The highest BCUT2D eigenvalue weighted by Crippen LogP contribution is 2.25. The van der Waals surface area contributed by atoms with Crippen molar-refractivity contribution in [1.29, 1.82) is 0 Å². The van der Waals surface area contributed by atoms with Gasteiger partial charge in [-0.2, -0.15) is 0 Å². The summed E-state index contributed by atoms with van der Waals surface area (Å²) in [5.41, 5.74) is 2.69. The Hall–Kier alpha value is -2.61. The SMILES string of the molecule is COc1ccccc1CN1CCCCCc2cc(C(=O)N(C)C)ccc2OC[C@@H](O)[C@@H](O)CC1. The number of amides is 1. The molecule has 0 fully saturated rings. The molecule has 34 heavy (non-hydrogen) atoms. The first-order chi connectivity index (χ1) is 16.4. The first-order valence-corrected chi connectivity index (χ1v) is 12.1. The zero-order valence-electron chi connectivity index (χ0n) is 20.6. The molecule has 0 bridgehead atoms. The van der Waals surface area contributed by atoms with Crippen molar-refractivity contribution in [3.05, 3.63) is 59.2 Å². The lowest BCUT2D eigenvalue weighted by atomic mass is 10.0. The van der Waals surface area contributed by atoms with Crippen molar-refractivity contribution in [3.8, 4) is 11.5 Å². The number of para-hydroxylation sites is 1. The molecule has 1 aliphatic rings. The van der Waals surface area contributed by atoms with Crippen LogP contribution in [0.4, 0.5) is 0 Å². The van der Waals surface area contributed by atoms with E-state index in [9.17, 15) is 15.0 Å². The van der Waals surface area contributed by atoms with Gasteiger partial charge in [0.2, 0.25) is 0 Å². The zero-order valence-corrected chi connectivity index (χ0v) is 20.6. The molecule has 0 aliphatic carbocycles. The highest BCUT2D eigenvalue weighted by molar-refractivity contribution is 5.94. The van der Waals surface area contributed by atoms with Crippen LogP contribution in [-0.2, 0) is 13.0 Å². The molecule has 1 amide bonds. The maximum Gasteiger partial charge on any atom is 0.253 e. The largest absolute Gasteiger partial charge is 0.496 e. The van der Waals surface area contributed by atoms with Gasteiger partial charge < -0.3 is 24.6 Å². The van der Waals surface area contributed by atoms with Crippen LogP contribution in [0, 0.1) is 0 Å². The third-order valence-corrected chi connectivity index (χ3v) is 6.32. The molecule has 0 saturated heterocycles. The molecule has 0 spiro atoms. The minimum atomic E-state index is -0.994. The van der Waals surface area contributed by atoms with Gasteiger partial charge in [-0.1, -0.05) is 24.6 Å². The molecule has 1 heterocycles. The van der Waals surface area contributed by atoms with E-state index in [1.54, 1.807) is 38.2 Å². The molecule has 2 aromatic rings. The fraction of sp³-hybridized carbons (Fsp3) is 0.519. The highest BCUT2D eigenvalue weighted by atomic mass is 16.5. The number of hydrogen-bond donors (Lipinski definition) is 2. The number of carbonyl (C=O) groups excluding carboxylic acids is 1. The van der Waals surface area contributed by atoms with E-state index in [0.29, 0.717) is 24.3 Å². The van der Waals surface area contributed by atoms with Crippen LogP contribution in [0.25, 0.3) is 0 Å². The van der Waals surface area contributed by atoms with Crippen LogP contribution < -0.4 is 9.47 Å². The van der Waals surface area contributed by atoms with E-state index in [1.807, 2.05) is 24.3 Å². The van der Waals surface area contributed by atoms with Gasteiger partial charge in [0.15, 0.2) is 0 Å². The third-order valence-electron chi connectivity index (χ3n) is 6.32. The number of carbonyl (C=O) groups is 1. The molecule has 2 atom stereocenters. The highest BCUT2D eigenvalue weighted by Gasteiger charge is 2.21. The monoisotopic (exact) mass is 470 g/mol. The molecule has 0 aromatic heterocycles. The van der Waals surface area contributed by atoms with E-state index in [-0.39, 0.29) is 12.5 Å². The first kappa shape index (κ1) is 26.0. The molecule has 2 N–H and O–H groups in total. The van der Waals surface area contributed by atoms with Crippen LogP contribution in [0.15, 0.2) is 42.5 Å². The summed E-state index contributed by atoms with van der Waals surface area (Å²) in [7, 11) is 5.15. The van der Waals surface area contributed by atoms with Gasteiger partial charge in [-0.25, -0.2) is 0 Å². The normalized spacial score (nSPS) is 20.5. The number of rotatable bonds is 4. The summed E-state index contributed by atoms with van der Waals surface area (Å²) in [5.74, 6) is 1.47. The second kappa shape index (κ2) is 12.7. The lowest BCUT2D eigenvalue weighted by Crippen LogP contribution is -2.36. The number of aliphatic hydroxyl groups excluding tert-OH is 2. The van der Waals surface area contributed by atoms with Crippen molar-refractivity contribution in [2.75, 3.05) is 40.9 Å². The van der Waals surface area contributed by atoms with E-state index in [1.165, 1.54) is 0 Å². The summed E-state index contributed by atoms with van der Waals surface area (Å²) in [5, 5.41) is 21.1. The van der Waals surface area contributed by atoms with Crippen LogP contribution in [0.2, 0.25) is 0 Å². The second-order valence-electron chi connectivity index (χ2n) is 9.16. The van der Waals surface area contributed by atoms with E-state index in [2.05, 4.69) is 11.0 Å². The van der Waals surface area contributed by atoms with Crippen molar-refractivity contribution < 1.29 is 24.5 Å². The van der Waals surface area contributed by atoms with Gasteiger partial charge >= 0.3 is 0 Å². The average molecular weight is 471 g/mol. The van der Waals surface area contributed by atoms with Crippen LogP contribution in [0.5, 0.6) is 11.5 Å². The van der Waals surface area contributed by atoms with Gasteiger partial charge in [0.1, 0.15) is 24.2 Å². The zero-order chi connectivity index (χ0) is 24.5. The molecular formula is C27H38N2O5. The summed E-state index contributed by atoms with van der Waals surface area (Å²) in [6, 6.07) is 13.4. The topological polar surface area (TPSA) is 82.5 Å². The minimum Gasteiger partial charge on any atom is -0.496 e. The fourth-order valence-electron chi connectivity index (χ4n) is 4.27. The Kier molecular flexibility index (Phi) is 9.74. The fourth-order valence-corrected chi connectivity index (χ4v) is 4.27. The molecular weight excluding hydrogens is 432 g/mol. The van der Waals surface area contributed by atoms with E-state index >= 15 is 0 Å². The Morgan fingerprint density at radius 1 is 1.09 bits per heavy atom. The van der Waals surface area contributed by atoms with Gasteiger partial charge in [-0.05, 0) is 62.1 Å². The Balaban J connectivity index is 1.73. The third kappa shape index (κ3) is 7.19. The van der Waals surface area contributed by atoms with E-state index in [4.69, 9.17) is 9.47 Å². The van der Waals surface area contributed by atoms with Crippen molar-refractivity contribution in [3.63, 3.8) is 0 Å². The molecule has 3 rings (SSSR count). The lowest BCUT2D eigenvalue weighted by Gasteiger charge is -2.26. The van der Waals surface area contributed by atoms with Crippen LogP contribution in [-0.4, -0.2) is 79.0 Å². The van der Waals surface area contributed by atoms with Gasteiger partial charge in [-0.3, -0.25) is 9.69 Å². The standard InChI is InChI=1S/C27H38N2O5/c1-28(2)27(32)21-12-13-26-20(17-21)9-5-4-8-15-29(16-14-23(30)24(31)19-34-26)18-22-10-6-7-11-25(22)33-3/h6-7,10-13,17,23-24,30-31H,4-5,8-9,14-16,18-19H2,1-3H3/t23-,24+/m0/s1. The summed E-state index contributed by atoms with van der Waals surface area (Å²) in [4.78, 5) is 16.3. The number of nitrogens with zero attached hydrogens (tertiary/aromatic N) is 2. The van der Waals surface area contributed by atoms with Crippen molar-refractivity contribution in [2.24, 2.45) is 0 Å². The predicted molar refractivity (Wildman–Crippen MR) is 132 cm³/mol. The molecule has 0 saturated carbocycles. The molecule has 7 nitrogen and oxygen atoms in total. The Morgan fingerprint density at radius 2 is 1.88 bits per heavy atom. The average Bonchev–Trinajstić information content (AvgIpc) is 2.84. The molecule has 1 aliphatic heterocycles. The first-order valence-electron chi connectivity index (χ1n) is 12.1. The van der Waals surface area contributed by atoms with Gasteiger partial charge in [0, 0.05) is 38.3 Å². The molecule has 2 aromatic carbocycles. The lowest BCUT2D eigenvalue weighted by molar-refractivity contribution is -0.0163.